The molecule has 8 heteroatoms. The SMILES string of the molecule is CCSc1cc(C(F)(F)F)cnc1C(=O)N=O. The third kappa shape index (κ3) is 3.26. The molecule has 0 aliphatic heterocycles. The summed E-state index contributed by atoms with van der Waals surface area (Å²) >= 11 is 0.994. The monoisotopic (exact) mass is 264 g/mol. The number of carbonyl (C=O) groups is 1. The second-order valence-electron chi connectivity index (χ2n) is 2.90. The fourth-order valence-corrected chi connectivity index (χ4v) is 1.87. The fourth-order valence-electron chi connectivity index (χ4n) is 1.07. The maximum Gasteiger partial charge on any atom is 0.417 e. The Hall–Kier alpha value is -1.44. The van der Waals surface area contributed by atoms with E-state index in [0.717, 1.165) is 17.8 Å². The van der Waals surface area contributed by atoms with E-state index >= 15 is 0 Å². The molecular weight excluding hydrogens is 257 g/mol. The van der Waals surface area contributed by atoms with E-state index in [4.69, 9.17) is 0 Å². The number of hydrogen-bond donors (Lipinski definition) is 0. The Morgan fingerprint density at radius 1 is 1.53 bits per heavy atom. The van der Waals surface area contributed by atoms with Crippen molar-refractivity contribution in [1.29, 1.82) is 0 Å². The van der Waals surface area contributed by atoms with Crippen LogP contribution in [0.15, 0.2) is 22.3 Å². The van der Waals surface area contributed by atoms with Crippen LogP contribution >= 0.6 is 11.8 Å². The van der Waals surface area contributed by atoms with E-state index < -0.39 is 17.6 Å². The van der Waals surface area contributed by atoms with Crippen LogP contribution in [-0.2, 0) is 6.18 Å². The van der Waals surface area contributed by atoms with Gasteiger partial charge in [0.1, 0.15) is 5.69 Å². The smallest absolute Gasteiger partial charge is 0.261 e. The summed E-state index contributed by atoms with van der Waals surface area (Å²) in [5.41, 5.74) is -1.31. The van der Waals surface area contributed by atoms with Gasteiger partial charge in [0, 0.05) is 16.3 Å². The molecule has 92 valence electrons. The Balaban J connectivity index is 3.26. The van der Waals surface area contributed by atoms with E-state index in [1.54, 1.807) is 6.92 Å². The summed E-state index contributed by atoms with van der Waals surface area (Å²) in [4.78, 5) is 24.5. The number of pyridine rings is 1. The predicted molar refractivity (Wildman–Crippen MR) is 55.8 cm³/mol. The van der Waals surface area contributed by atoms with Gasteiger partial charge in [0.2, 0.25) is 0 Å². The van der Waals surface area contributed by atoms with Crippen molar-refractivity contribution in [2.75, 3.05) is 5.75 Å². The van der Waals surface area contributed by atoms with Gasteiger partial charge < -0.3 is 0 Å². The van der Waals surface area contributed by atoms with Crippen LogP contribution in [0.1, 0.15) is 23.0 Å². The van der Waals surface area contributed by atoms with Crippen LogP contribution in [0.5, 0.6) is 0 Å². The number of halogens is 3. The highest BCUT2D eigenvalue weighted by atomic mass is 32.2. The number of nitroso groups, excluding NO2 is 1. The normalized spacial score (nSPS) is 11.3. The van der Waals surface area contributed by atoms with Crippen molar-refractivity contribution in [3.8, 4) is 0 Å². The fraction of sp³-hybridized carbons (Fsp3) is 0.333. The standard InChI is InChI=1S/C9H7F3N2O2S/c1-2-17-6-3-5(9(10,11)12)4-13-7(6)8(15)14-16/h3-4H,2H2,1H3. The highest BCUT2D eigenvalue weighted by molar-refractivity contribution is 7.99. The van der Waals surface area contributed by atoms with E-state index in [0.29, 0.717) is 11.9 Å². The molecular formula is C9H7F3N2O2S. The first kappa shape index (κ1) is 13.6. The Labute approximate surface area is 98.6 Å². The van der Waals surface area contributed by atoms with Crippen LogP contribution in [0.25, 0.3) is 0 Å². The summed E-state index contributed by atoms with van der Waals surface area (Å²) in [6.45, 7) is 1.70. The first-order chi connectivity index (χ1) is 7.90. The number of rotatable bonds is 3. The van der Waals surface area contributed by atoms with Crippen LogP contribution in [-0.4, -0.2) is 16.6 Å². The maximum absolute atomic E-state index is 12.4. The molecule has 4 nitrogen and oxygen atoms in total. The molecule has 17 heavy (non-hydrogen) atoms. The van der Waals surface area contributed by atoms with Gasteiger partial charge in [-0.1, -0.05) is 6.92 Å². The zero-order chi connectivity index (χ0) is 13.1. The molecule has 1 heterocycles. The van der Waals surface area contributed by atoms with Gasteiger partial charge in [-0.05, 0) is 11.8 Å². The summed E-state index contributed by atoms with van der Waals surface area (Å²) in [5.74, 6) is -0.725. The Kier molecular flexibility index (Phi) is 4.22. The van der Waals surface area contributed by atoms with Crippen LogP contribution in [0.4, 0.5) is 13.2 Å². The number of amides is 1. The molecule has 1 aromatic heterocycles. The second-order valence-corrected chi connectivity index (χ2v) is 4.20. The van der Waals surface area contributed by atoms with Gasteiger partial charge in [-0.3, -0.25) is 4.79 Å². The molecule has 0 aliphatic carbocycles. The van der Waals surface area contributed by atoms with Crippen molar-refractivity contribution in [2.24, 2.45) is 5.18 Å². The summed E-state index contributed by atoms with van der Waals surface area (Å²) in [6, 6.07) is 0.791. The summed E-state index contributed by atoms with van der Waals surface area (Å²) in [5, 5.41) is 2.15. The number of aromatic nitrogens is 1. The number of nitrogens with zero attached hydrogens (tertiary/aromatic N) is 2. The van der Waals surface area contributed by atoms with Crippen LogP contribution in [0, 0.1) is 4.91 Å². The quantitative estimate of drug-likeness (QED) is 0.621. The molecule has 1 rings (SSSR count). The molecule has 0 aromatic carbocycles. The Morgan fingerprint density at radius 3 is 2.65 bits per heavy atom. The van der Waals surface area contributed by atoms with Gasteiger partial charge in [0.05, 0.1) is 5.56 Å². The van der Waals surface area contributed by atoms with E-state index in [1.807, 2.05) is 0 Å². The van der Waals surface area contributed by atoms with Gasteiger partial charge >= 0.3 is 12.1 Å². The van der Waals surface area contributed by atoms with Crippen molar-refractivity contribution in [3.05, 3.63) is 28.4 Å². The Morgan fingerprint density at radius 2 is 2.18 bits per heavy atom. The molecule has 0 unspecified atom stereocenters. The topological polar surface area (TPSA) is 59.4 Å². The average Bonchev–Trinajstić information content (AvgIpc) is 2.27. The first-order valence-electron chi connectivity index (χ1n) is 4.47. The minimum absolute atomic E-state index is 0.00641. The van der Waals surface area contributed by atoms with Crippen molar-refractivity contribution in [3.63, 3.8) is 0 Å². The summed E-state index contributed by atoms with van der Waals surface area (Å²) < 4.78 is 37.2. The van der Waals surface area contributed by atoms with E-state index in [2.05, 4.69) is 10.2 Å². The van der Waals surface area contributed by atoms with Crippen molar-refractivity contribution in [2.45, 2.75) is 18.0 Å². The van der Waals surface area contributed by atoms with E-state index in [9.17, 15) is 22.9 Å². The van der Waals surface area contributed by atoms with Gasteiger partial charge in [-0.2, -0.15) is 13.2 Å². The van der Waals surface area contributed by atoms with Crippen LogP contribution < -0.4 is 0 Å². The largest absolute Gasteiger partial charge is 0.417 e. The van der Waals surface area contributed by atoms with Gasteiger partial charge in [-0.15, -0.1) is 16.7 Å². The number of carbonyl (C=O) groups excluding carboxylic acids is 1. The lowest BCUT2D eigenvalue weighted by atomic mass is 10.2. The molecule has 0 spiro atoms. The highest BCUT2D eigenvalue weighted by Crippen LogP contribution is 2.32. The maximum atomic E-state index is 12.4. The predicted octanol–water partition coefficient (Wildman–Crippen LogP) is 3.12. The van der Waals surface area contributed by atoms with Crippen LogP contribution in [0.2, 0.25) is 0 Å². The molecule has 1 amide bonds. The van der Waals surface area contributed by atoms with Gasteiger partial charge in [0.25, 0.3) is 0 Å². The molecule has 0 aliphatic rings. The molecule has 0 fully saturated rings. The lowest BCUT2D eigenvalue weighted by Gasteiger charge is -2.09. The molecule has 0 bridgehead atoms. The third-order valence-corrected chi connectivity index (χ3v) is 2.68. The summed E-state index contributed by atoms with van der Waals surface area (Å²) in [7, 11) is 0. The van der Waals surface area contributed by atoms with Crippen molar-refractivity contribution >= 4 is 17.7 Å². The van der Waals surface area contributed by atoms with Crippen LogP contribution in [0.3, 0.4) is 0 Å². The van der Waals surface area contributed by atoms with Crippen molar-refractivity contribution in [1.82, 2.24) is 4.98 Å². The molecule has 0 saturated carbocycles. The lowest BCUT2D eigenvalue weighted by Crippen LogP contribution is -2.09. The lowest BCUT2D eigenvalue weighted by molar-refractivity contribution is -0.138. The Bertz CT molecular complexity index is 448. The minimum atomic E-state index is -4.54. The second kappa shape index (κ2) is 5.26. The summed E-state index contributed by atoms with van der Waals surface area (Å²) in [6.07, 6.45) is -4.02. The average molecular weight is 264 g/mol. The number of alkyl halides is 3. The zero-order valence-electron chi connectivity index (χ0n) is 8.61. The number of thioether (sulfide) groups is 1. The molecule has 0 N–H and O–H groups in total. The highest BCUT2D eigenvalue weighted by Gasteiger charge is 2.32. The van der Waals surface area contributed by atoms with E-state index in [1.165, 1.54) is 0 Å². The third-order valence-electron chi connectivity index (χ3n) is 1.77. The molecule has 1 aromatic rings. The van der Waals surface area contributed by atoms with Gasteiger partial charge in [-0.25, -0.2) is 4.98 Å². The van der Waals surface area contributed by atoms with E-state index in [-0.39, 0.29) is 10.6 Å². The number of hydrogen-bond acceptors (Lipinski definition) is 4. The first-order valence-corrected chi connectivity index (χ1v) is 5.46. The van der Waals surface area contributed by atoms with Gasteiger partial charge in [0.15, 0.2) is 0 Å². The molecule has 0 atom stereocenters. The van der Waals surface area contributed by atoms with Crippen molar-refractivity contribution < 1.29 is 18.0 Å². The minimum Gasteiger partial charge on any atom is -0.261 e. The molecule has 0 radical (unpaired) electrons. The molecule has 0 saturated heterocycles. The zero-order valence-corrected chi connectivity index (χ0v) is 9.43.